The summed E-state index contributed by atoms with van der Waals surface area (Å²) in [6.07, 6.45) is 5.78. The van der Waals surface area contributed by atoms with Crippen LogP contribution in [0.4, 0.5) is 0 Å². The van der Waals surface area contributed by atoms with Crippen LogP contribution in [-0.2, 0) is 14.3 Å². The maximum Gasteiger partial charge on any atom is 0.312 e. The van der Waals surface area contributed by atoms with E-state index in [4.69, 9.17) is 16.3 Å². The molecule has 0 aliphatic heterocycles. The molecule has 0 N–H and O–H groups in total. The number of ether oxygens (including phenoxy) is 1. The van der Waals surface area contributed by atoms with E-state index in [0.29, 0.717) is 11.8 Å². The lowest BCUT2D eigenvalue weighted by molar-refractivity contribution is -0.173. The molecule has 1 amide bonds. The molecule has 0 spiro atoms. The predicted molar refractivity (Wildman–Crippen MR) is 93.8 cm³/mol. The Morgan fingerprint density at radius 2 is 1.62 bits per heavy atom. The lowest BCUT2D eigenvalue weighted by Gasteiger charge is -2.58. The van der Waals surface area contributed by atoms with Gasteiger partial charge in [0, 0.05) is 17.0 Å². The largest absolute Gasteiger partial charge is 0.455 e. The molecule has 2 atom stereocenters. The van der Waals surface area contributed by atoms with Crippen LogP contribution in [-0.4, -0.2) is 40.3 Å². The highest BCUT2D eigenvalue weighted by Crippen LogP contribution is 2.64. The van der Waals surface area contributed by atoms with Gasteiger partial charge >= 0.3 is 5.97 Å². The Morgan fingerprint density at radius 3 is 2.08 bits per heavy atom. The van der Waals surface area contributed by atoms with Crippen LogP contribution in [0.25, 0.3) is 0 Å². The molecule has 4 fully saturated rings. The zero-order valence-corrected chi connectivity index (χ0v) is 16.1. The molecule has 4 bridgehead atoms. The maximum absolute atomic E-state index is 12.9. The zero-order chi connectivity index (χ0) is 17.7. The van der Waals surface area contributed by atoms with Gasteiger partial charge in [-0.15, -0.1) is 11.6 Å². The minimum Gasteiger partial charge on any atom is -0.455 e. The summed E-state index contributed by atoms with van der Waals surface area (Å²) in [7, 11) is 0. The van der Waals surface area contributed by atoms with E-state index in [1.54, 1.807) is 4.90 Å². The van der Waals surface area contributed by atoms with Crippen molar-refractivity contribution in [3.8, 4) is 0 Å². The zero-order valence-electron chi connectivity index (χ0n) is 15.3. The number of hydrogen-bond donors (Lipinski definition) is 0. The monoisotopic (exact) mass is 355 g/mol. The van der Waals surface area contributed by atoms with Crippen molar-refractivity contribution >= 4 is 23.5 Å². The number of esters is 1. The van der Waals surface area contributed by atoms with Crippen molar-refractivity contribution in [3.63, 3.8) is 0 Å². The summed E-state index contributed by atoms with van der Waals surface area (Å²) in [6, 6.07) is 0.198. The van der Waals surface area contributed by atoms with E-state index in [-0.39, 0.29) is 35.4 Å². The highest BCUT2D eigenvalue weighted by molar-refractivity contribution is 6.24. The van der Waals surface area contributed by atoms with E-state index in [0.717, 1.165) is 32.1 Å². The fraction of sp³-hybridized carbons (Fsp3) is 0.895. The summed E-state index contributed by atoms with van der Waals surface area (Å²) >= 11 is 6.78. The standard InChI is InChI=1S/C19H30ClNO3/c1-12(2)21(13(3)4)16(22)10-24-17(23)18-6-14-5-15(7-18)9-19(20,8-14)11-18/h12-15H,5-11H2,1-4H3. The Labute approximate surface area is 150 Å². The van der Waals surface area contributed by atoms with Crippen LogP contribution in [0.2, 0.25) is 0 Å². The Balaban J connectivity index is 1.64. The van der Waals surface area contributed by atoms with Crippen LogP contribution < -0.4 is 0 Å². The van der Waals surface area contributed by atoms with E-state index in [1.807, 2.05) is 27.7 Å². The Bertz CT molecular complexity index is 509. The molecule has 5 heteroatoms. The summed E-state index contributed by atoms with van der Waals surface area (Å²) in [4.78, 5) is 26.9. The lowest BCUT2D eigenvalue weighted by atomic mass is 9.49. The first-order valence-corrected chi connectivity index (χ1v) is 9.69. The van der Waals surface area contributed by atoms with Gasteiger partial charge in [-0.2, -0.15) is 0 Å². The third-order valence-corrected chi connectivity index (χ3v) is 6.59. The van der Waals surface area contributed by atoms with Crippen molar-refractivity contribution in [1.29, 1.82) is 0 Å². The molecule has 4 nitrogen and oxygen atoms in total. The normalized spacial score (nSPS) is 37.1. The minimum atomic E-state index is -0.438. The van der Waals surface area contributed by atoms with Crippen molar-refractivity contribution in [2.75, 3.05) is 6.61 Å². The number of hydrogen-bond acceptors (Lipinski definition) is 3. The smallest absolute Gasteiger partial charge is 0.312 e. The summed E-state index contributed by atoms with van der Waals surface area (Å²) in [5.41, 5.74) is -0.438. The SMILES string of the molecule is CC(C)N(C(=O)COC(=O)C12CC3CC(CC(Cl)(C3)C1)C2)C(C)C. The van der Waals surface area contributed by atoms with Crippen LogP contribution in [0.1, 0.15) is 66.2 Å². The molecule has 0 radical (unpaired) electrons. The molecule has 24 heavy (non-hydrogen) atoms. The number of nitrogens with zero attached hydrogens (tertiary/aromatic N) is 1. The number of carbonyl (C=O) groups excluding carboxylic acids is 2. The second kappa shape index (κ2) is 6.19. The van der Waals surface area contributed by atoms with E-state index in [1.165, 1.54) is 6.42 Å². The quantitative estimate of drug-likeness (QED) is 0.557. The highest BCUT2D eigenvalue weighted by Gasteiger charge is 2.60. The first kappa shape index (κ1) is 18.0. The number of rotatable bonds is 5. The van der Waals surface area contributed by atoms with Crippen LogP contribution in [0.15, 0.2) is 0 Å². The van der Waals surface area contributed by atoms with Gasteiger partial charge in [0.05, 0.1) is 5.41 Å². The Morgan fingerprint density at radius 1 is 1.08 bits per heavy atom. The van der Waals surface area contributed by atoms with Crippen LogP contribution in [0.3, 0.4) is 0 Å². The van der Waals surface area contributed by atoms with E-state index in [2.05, 4.69) is 0 Å². The fourth-order valence-electron chi connectivity index (χ4n) is 5.92. The highest BCUT2D eigenvalue weighted by atomic mass is 35.5. The van der Waals surface area contributed by atoms with Gasteiger partial charge < -0.3 is 9.64 Å². The molecule has 4 aliphatic rings. The lowest BCUT2D eigenvalue weighted by Crippen LogP contribution is -2.56. The molecule has 0 aromatic heterocycles. The second-order valence-corrected chi connectivity index (χ2v) is 9.76. The third-order valence-electron chi connectivity index (χ3n) is 6.15. The van der Waals surface area contributed by atoms with E-state index >= 15 is 0 Å². The van der Waals surface area contributed by atoms with Crippen molar-refractivity contribution in [3.05, 3.63) is 0 Å². The van der Waals surface area contributed by atoms with Crippen molar-refractivity contribution in [2.24, 2.45) is 17.3 Å². The molecule has 0 saturated heterocycles. The summed E-state index contributed by atoms with van der Waals surface area (Å²) in [5.74, 6) is 0.797. The molecule has 0 aromatic rings. The Kier molecular flexibility index (Phi) is 4.65. The molecule has 4 aliphatic carbocycles. The van der Waals surface area contributed by atoms with Gasteiger partial charge in [-0.1, -0.05) is 0 Å². The van der Waals surface area contributed by atoms with Crippen molar-refractivity contribution < 1.29 is 14.3 Å². The number of alkyl halides is 1. The number of carbonyl (C=O) groups is 2. The average molecular weight is 356 g/mol. The molecule has 0 aromatic carbocycles. The first-order chi connectivity index (χ1) is 11.1. The molecular weight excluding hydrogens is 326 g/mol. The van der Waals surface area contributed by atoms with E-state index in [9.17, 15) is 9.59 Å². The van der Waals surface area contributed by atoms with Crippen LogP contribution >= 0.6 is 11.6 Å². The van der Waals surface area contributed by atoms with Gasteiger partial charge in [-0.3, -0.25) is 9.59 Å². The molecule has 0 heterocycles. The van der Waals surface area contributed by atoms with Crippen molar-refractivity contribution in [1.82, 2.24) is 4.90 Å². The molecule has 4 saturated carbocycles. The predicted octanol–water partition coefficient (Wildman–Crippen LogP) is 3.75. The molecule has 136 valence electrons. The van der Waals surface area contributed by atoms with Gasteiger partial charge in [0.15, 0.2) is 6.61 Å². The average Bonchev–Trinajstić information content (AvgIpc) is 2.41. The summed E-state index contributed by atoms with van der Waals surface area (Å²) < 4.78 is 5.53. The van der Waals surface area contributed by atoms with Crippen LogP contribution in [0.5, 0.6) is 0 Å². The summed E-state index contributed by atoms with van der Waals surface area (Å²) in [5, 5.41) is 0. The van der Waals surface area contributed by atoms with E-state index < -0.39 is 5.41 Å². The molecule has 2 unspecified atom stereocenters. The second-order valence-electron chi connectivity index (χ2n) is 8.96. The Hall–Kier alpha value is -0.770. The number of halogens is 1. The number of amides is 1. The van der Waals surface area contributed by atoms with Gasteiger partial charge in [-0.25, -0.2) is 0 Å². The van der Waals surface area contributed by atoms with Gasteiger partial charge in [-0.05, 0) is 78.1 Å². The van der Waals surface area contributed by atoms with Crippen LogP contribution in [0, 0.1) is 17.3 Å². The van der Waals surface area contributed by atoms with Gasteiger partial charge in [0.1, 0.15) is 0 Å². The minimum absolute atomic E-state index is 0.0989. The van der Waals surface area contributed by atoms with Crippen molar-refractivity contribution in [2.45, 2.75) is 83.2 Å². The van der Waals surface area contributed by atoms with Gasteiger partial charge in [0.2, 0.25) is 0 Å². The summed E-state index contributed by atoms with van der Waals surface area (Å²) in [6.45, 7) is 7.78. The third kappa shape index (κ3) is 3.18. The maximum atomic E-state index is 12.9. The molecule has 4 rings (SSSR count). The topological polar surface area (TPSA) is 46.6 Å². The first-order valence-electron chi connectivity index (χ1n) is 9.31. The molecular formula is C19H30ClNO3. The van der Waals surface area contributed by atoms with Gasteiger partial charge in [0.25, 0.3) is 5.91 Å². The fourth-order valence-corrected chi connectivity index (χ4v) is 6.61.